The molecule has 0 bridgehead atoms. The number of aryl methyl sites for hydroxylation is 1. The van der Waals surface area contributed by atoms with Gasteiger partial charge in [-0.25, -0.2) is 0 Å². The van der Waals surface area contributed by atoms with E-state index in [9.17, 15) is 0 Å². The van der Waals surface area contributed by atoms with Crippen molar-refractivity contribution in [2.45, 2.75) is 31.5 Å². The molecule has 5 rings (SSSR count). The minimum Gasteiger partial charge on any atom is -0.497 e. The zero-order chi connectivity index (χ0) is 20.7. The van der Waals surface area contributed by atoms with Crippen molar-refractivity contribution in [3.8, 4) is 17.1 Å². The summed E-state index contributed by atoms with van der Waals surface area (Å²) in [5.41, 5.74) is 2.40. The molecule has 4 heterocycles. The fourth-order valence-corrected chi connectivity index (χ4v) is 5.04. The molecule has 1 aromatic carbocycles. The quantitative estimate of drug-likeness (QED) is 0.660. The molecule has 1 saturated heterocycles. The number of piperidine rings is 1. The van der Waals surface area contributed by atoms with Gasteiger partial charge in [0.25, 0.3) is 0 Å². The lowest BCUT2D eigenvalue weighted by atomic mass is 9.84. The lowest BCUT2D eigenvalue weighted by Gasteiger charge is -2.48. The van der Waals surface area contributed by atoms with Crippen LogP contribution < -0.4 is 4.74 Å². The molecule has 2 aliphatic rings. The second-order valence-electron chi connectivity index (χ2n) is 8.70. The fourth-order valence-electron chi connectivity index (χ4n) is 5.04. The molecule has 0 aliphatic carbocycles. The van der Waals surface area contributed by atoms with Gasteiger partial charge in [-0.15, -0.1) is 10.2 Å². The van der Waals surface area contributed by atoms with Gasteiger partial charge in [0, 0.05) is 50.6 Å². The third kappa shape index (κ3) is 3.40. The lowest BCUT2D eigenvalue weighted by molar-refractivity contribution is 0.0490. The van der Waals surface area contributed by atoms with E-state index in [-0.39, 0.29) is 5.54 Å². The molecule has 30 heavy (non-hydrogen) atoms. The molecule has 8 nitrogen and oxygen atoms in total. The van der Waals surface area contributed by atoms with Crippen molar-refractivity contribution in [2.24, 2.45) is 7.05 Å². The number of hydrogen-bond donors (Lipinski definition) is 0. The SMILES string of the molecule is COc1ccc(-c2nnc3n2C2(CCN(Cc4cnn(C)c4)CC2)CN(C)C3)cc1. The van der Waals surface area contributed by atoms with Crippen LogP contribution in [0.15, 0.2) is 36.7 Å². The standard InChI is InChI=1S/C22H29N7O/c1-26-15-20-24-25-21(18-4-6-19(30-3)7-5-18)29(20)22(16-26)8-10-28(11-9-22)14-17-12-23-27(2)13-17/h4-7,12-13H,8-11,14-16H2,1-3H3. The molecule has 3 aromatic rings. The second-order valence-corrected chi connectivity index (χ2v) is 8.70. The molecule has 158 valence electrons. The Balaban J connectivity index is 1.42. The van der Waals surface area contributed by atoms with Gasteiger partial charge in [-0.1, -0.05) is 0 Å². The number of benzene rings is 1. The number of rotatable bonds is 4. The first-order chi connectivity index (χ1) is 14.6. The maximum absolute atomic E-state index is 5.32. The third-order valence-electron chi connectivity index (χ3n) is 6.48. The van der Waals surface area contributed by atoms with E-state index in [0.717, 1.165) is 68.5 Å². The van der Waals surface area contributed by atoms with E-state index < -0.39 is 0 Å². The van der Waals surface area contributed by atoms with Gasteiger partial charge in [0.05, 0.1) is 25.4 Å². The summed E-state index contributed by atoms with van der Waals surface area (Å²) in [6.07, 6.45) is 6.26. The summed E-state index contributed by atoms with van der Waals surface area (Å²) in [4.78, 5) is 4.92. The fraction of sp³-hybridized carbons (Fsp3) is 0.500. The van der Waals surface area contributed by atoms with E-state index in [2.05, 4.69) is 55.0 Å². The average Bonchev–Trinajstić information content (AvgIpc) is 3.36. The highest BCUT2D eigenvalue weighted by atomic mass is 16.5. The Kier molecular flexibility index (Phi) is 4.83. The predicted molar refractivity (Wildman–Crippen MR) is 114 cm³/mol. The van der Waals surface area contributed by atoms with Gasteiger partial charge >= 0.3 is 0 Å². The summed E-state index contributed by atoms with van der Waals surface area (Å²) in [6.45, 7) is 4.94. The number of methoxy groups -OCH3 is 1. The van der Waals surface area contributed by atoms with E-state index in [1.807, 2.05) is 30.1 Å². The highest BCUT2D eigenvalue weighted by Crippen LogP contribution is 2.39. The van der Waals surface area contributed by atoms with Crippen LogP contribution in [0.4, 0.5) is 0 Å². The molecule has 0 N–H and O–H groups in total. The Morgan fingerprint density at radius 3 is 2.50 bits per heavy atom. The van der Waals surface area contributed by atoms with E-state index in [1.54, 1.807) is 7.11 Å². The van der Waals surface area contributed by atoms with E-state index in [0.29, 0.717) is 0 Å². The number of hydrogen-bond acceptors (Lipinski definition) is 6. The molecule has 2 aromatic heterocycles. The van der Waals surface area contributed by atoms with Crippen LogP contribution in [0.3, 0.4) is 0 Å². The van der Waals surface area contributed by atoms with Crippen molar-refractivity contribution in [1.29, 1.82) is 0 Å². The van der Waals surface area contributed by atoms with Crippen molar-refractivity contribution < 1.29 is 4.74 Å². The molecular formula is C22H29N7O. The van der Waals surface area contributed by atoms with Gasteiger partial charge in [-0.2, -0.15) is 5.10 Å². The lowest BCUT2D eigenvalue weighted by Crippen LogP contribution is -2.55. The Hall–Kier alpha value is -2.71. The second kappa shape index (κ2) is 7.52. The molecule has 2 aliphatic heterocycles. The topological polar surface area (TPSA) is 64.2 Å². The summed E-state index contributed by atoms with van der Waals surface area (Å²) in [5.74, 6) is 2.90. The largest absolute Gasteiger partial charge is 0.497 e. The minimum atomic E-state index is 0.0343. The van der Waals surface area contributed by atoms with Crippen LogP contribution in [0.2, 0.25) is 0 Å². The third-order valence-corrected chi connectivity index (χ3v) is 6.48. The van der Waals surface area contributed by atoms with E-state index >= 15 is 0 Å². The van der Waals surface area contributed by atoms with Crippen molar-refractivity contribution in [2.75, 3.05) is 33.8 Å². The van der Waals surface area contributed by atoms with Gasteiger partial charge in [0.1, 0.15) is 11.6 Å². The van der Waals surface area contributed by atoms with E-state index in [4.69, 9.17) is 4.74 Å². The number of fused-ring (bicyclic) bond motifs is 2. The Morgan fingerprint density at radius 1 is 1.07 bits per heavy atom. The Bertz CT molecular complexity index is 1010. The van der Waals surface area contributed by atoms with Gasteiger partial charge in [0.2, 0.25) is 0 Å². The summed E-state index contributed by atoms with van der Waals surface area (Å²) >= 11 is 0. The molecule has 8 heteroatoms. The van der Waals surface area contributed by atoms with Crippen LogP contribution in [0.5, 0.6) is 5.75 Å². The highest BCUT2D eigenvalue weighted by Gasteiger charge is 2.43. The van der Waals surface area contributed by atoms with Gasteiger partial charge in [0.15, 0.2) is 5.82 Å². The molecule has 1 fully saturated rings. The summed E-state index contributed by atoms with van der Waals surface area (Å²) in [6, 6.07) is 8.16. The Morgan fingerprint density at radius 2 is 1.83 bits per heavy atom. The van der Waals surface area contributed by atoms with Gasteiger partial charge in [-0.05, 0) is 44.2 Å². The van der Waals surface area contributed by atoms with Crippen molar-refractivity contribution in [1.82, 2.24) is 34.3 Å². The molecule has 0 saturated carbocycles. The van der Waals surface area contributed by atoms with Gasteiger partial charge in [-0.3, -0.25) is 14.5 Å². The van der Waals surface area contributed by atoms with Crippen LogP contribution in [0.25, 0.3) is 11.4 Å². The molecule has 0 radical (unpaired) electrons. The molecule has 0 atom stereocenters. The van der Waals surface area contributed by atoms with Crippen molar-refractivity contribution in [3.05, 3.63) is 48.0 Å². The maximum Gasteiger partial charge on any atom is 0.164 e. The number of likely N-dealkylation sites (N-methyl/N-ethyl adjacent to an activating group) is 1. The van der Waals surface area contributed by atoms with Crippen LogP contribution in [0.1, 0.15) is 24.2 Å². The zero-order valence-electron chi connectivity index (χ0n) is 18.0. The normalized spacial score (nSPS) is 19.2. The maximum atomic E-state index is 5.32. The summed E-state index contributed by atoms with van der Waals surface area (Å²) < 4.78 is 9.64. The predicted octanol–water partition coefficient (Wildman–Crippen LogP) is 2.12. The average molecular weight is 408 g/mol. The van der Waals surface area contributed by atoms with Crippen LogP contribution in [0, 0.1) is 0 Å². The van der Waals surface area contributed by atoms with Crippen LogP contribution in [-0.2, 0) is 25.7 Å². The van der Waals surface area contributed by atoms with E-state index in [1.165, 1.54) is 5.56 Å². The molecule has 0 unspecified atom stereocenters. The van der Waals surface area contributed by atoms with Crippen molar-refractivity contribution in [3.63, 3.8) is 0 Å². The number of nitrogens with zero attached hydrogens (tertiary/aromatic N) is 7. The molecule has 1 spiro atoms. The van der Waals surface area contributed by atoms with Crippen LogP contribution in [-0.4, -0.2) is 68.1 Å². The monoisotopic (exact) mass is 407 g/mol. The number of ether oxygens (including phenoxy) is 1. The Labute approximate surface area is 177 Å². The minimum absolute atomic E-state index is 0.0343. The molecule has 0 amide bonds. The summed E-state index contributed by atoms with van der Waals surface area (Å²) in [7, 11) is 5.86. The zero-order valence-corrected chi connectivity index (χ0v) is 18.0. The molecular weight excluding hydrogens is 378 g/mol. The first-order valence-electron chi connectivity index (χ1n) is 10.5. The number of likely N-dealkylation sites (tertiary alicyclic amines) is 1. The summed E-state index contributed by atoms with van der Waals surface area (Å²) in [5, 5.41) is 13.5. The first-order valence-corrected chi connectivity index (χ1v) is 10.5. The smallest absolute Gasteiger partial charge is 0.164 e. The van der Waals surface area contributed by atoms with Crippen LogP contribution >= 0.6 is 0 Å². The van der Waals surface area contributed by atoms with Gasteiger partial charge < -0.3 is 9.30 Å². The number of aromatic nitrogens is 5. The van der Waals surface area contributed by atoms with Crippen molar-refractivity contribution >= 4 is 0 Å². The highest BCUT2D eigenvalue weighted by molar-refractivity contribution is 5.57. The first kappa shape index (κ1) is 19.3.